The van der Waals surface area contributed by atoms with E-state index in [-0.39, 0.29) is 18.2 Å². The van der Waals surface area contributed by atoms with Crippen LogP contribution < -0.4 is 11.1 Å². The molecule has 0 aliphatic heterocycles. The van der Waals surface area contributed by atoms with Gasteiger partial charge < -0.3 is 11.1 Å². The van der Waals surface area contributed by atoms with Crippen molar-refractivity contribution in [2.24, 2.45) is 0 Å². The van der Waals surface area contributed by atoms with Crippen molar-refractivity contribution in [2.45, 2.75) is 13.0 Å². The summed E-state index contributed by atoms with van der Waals surface area (Å²) in [5.74, 6) is -0.149. The van der Waals surface area contributed by atoms with E-state index in [9.17, 15) is 13.2 Å². The molecule has 0 radical (unpaired) electrons. The summed E-state index contributed by atoms with van der Waals surface area (Å²) in [5.41, 5.74) is 5.94. The Morgan fingerprint density at radius 1 is 1.59 bits per heavy atom. The van der Waals surface area contributed by atoms with Gasteiger partial charge in [-0.15, -0.1) is 0 Å². The number of hydrogen-bond donors (Lipinski definition) is 2. The smallest absolute Gasteiger partial charge is 0.241 e. The van der Waals surface area contributed by atoms with Crippen LogP contribution in [0, 0.1) is 0 Å². The fourth-order valence-electron chi connectivity index (χ4n) is 1.23. The molecule has 0 aliphatic rings. The molecule has 1 aromatic heterocycles. The summed E-state index contributed by atoms with van der Waals surface area (Å²) in [7, 11) is -2.96. The van der Waals surface area contributed by atoms with Crippen molar-refractivity contribution in [2.75, 3.05) is 24.3 Å². The molecular weight excluding hydrogens is 244 g/mol. The van der Waals surface area contributed by atoms with Crippen LogP contribution in [0.4, 0.5) is 5.69 Å². The second kappa shape index (κ2) is 5.67. The lowest BCUT2D eigenvalue weighted by Gasteiger charge is -2.04. The molecule has 0 aliphatic carbocycles. The minimum atomic E-state index is -2.96. The Labute approximate surface area is 99.9 Å². The molecule has 3 N–H and O–H groups in total. The predicted molar refractivity (Wildman–Crippen MR) is 64.0 cm³/mol. The van der Waals surface area contributed by atoms with Crippen LogP contribution in [0.5, 0.6) is 0 Å². The van der Waals surface area contributed by atoms with Crippen LogP contribution in [0.3, 0.4) is 0 Å². The highest BCUT2D eigenvalue weighted by Gasteiger charge is 2.05. The number of nitrogens with two attached hydrogens (primary N) is 1. The average Bonchev–Trinajstić information content (AvgIpc) is 2.57. The lowest BCUT2D eigenvalue weighted by atomic mass is 10.4. The van der Waals surface area contributed by atoms with Gasteiger partial charge in [0, 0.05) is 19.0 Å². The fraction of sp³-hybridized carbons (Fsp3) is 0.556. The summed E-state index contributed by atoms with van der Waals surface area (Å²) in [6.07, 6.45) is 4.58. The van der Waals surface area contributed by atoms with Crippen molar-refractivity contribution in [1.29, 1.82) is 0 Å². The van der Waals surface area contributed by atoms with E-state index in [0.717, 1.165) is 0 Å². The maximum atomic E-state index is 11.4. The monoisotopic (exact) mass is 260 g/mol. The van der Waals surface area contributed by atoms with E-state index in [2.05, 4.69) is 10.4 Å². The van der Waals surface area contributed by atoms with Crippen LogP contribution in [0.15, 0.2) is 12.4 Å². The lowest BCUT2D eigenvalue weighted by Crippen LogP contribution is -2.29. The minimum absolute atomic E-state index is 0.0714. The summed E-state index contributed by atoms with van der Waals surface area (Å²) in [5, 5.41) is 6.47. The minimum Gasteiger partial charge on any atom is -0.396 e. The first-order valence-electron chi connectivity index (χ1n) is 5.09. The molecular formula is C9H16N4O3S. The number of sulfone groups is 1. The van der Waals surface area contributed by atoms with E-state index in [1.165, 1.54) is 17.1 Å². The first-order chi connectivity index (χ1) is 7.87. The number of aromatic nitrogens is 2. The summed E-state index contributed by atoms with van der Waals surface area (Å²) < 4.78 is 23.1. The summed E-state index contributed by atoms with van der Waals surface area (Å²) in [6.45, 7) is 0.415. The van der Waals surface area contributed by atoms with E-state index in [1.54, 1.807) is 6.20 Å². The first-order valence-corrected chi connectivity index (χ1v) is 7.15. The topological polar surface area (TPSA) is 107 Å². The van der Waals surface area contributed by atoms with E-state index in [0.29, 0.717) is 18.7 Å². The second-order valence-corrected chi connectivity index (χ2v) is 6.06. The van der Waals surface area contributed by atoms with Gasteiger partial charge in [0.2, 0.25) is 5.91 Å². The van der Waals surface area contributed by atoms with Gasteiger partial charge in [-0.05, 0) is 6.42 Å². The summed E-state index contributed by atoms with van der Waals surface area (Å²) in [4.78, 5) is 11.4. The number of nitrogens with one attached hydrogen (secondary N) is 1. The van der Waals surface area contributed by atoms with E-state index < -0.39 is 9.84 Å². The molecule has 0 unspecified atom stereocenters. The van der Waals surface area contributed by atoms with Gasteiger partial charge in [0.25, 0.3) is 0 Å². The SMILES string of the molecule is CS(=O)(=O)CCCNC(=O)Cn1cc(N)cn1. The van der Waals surface area contributed by atoms with Crippen LogP contribution in [0.2, 0.25) is 0 Å². The van der Waals surface area contributed by atoms with E-state index in [4.69, 9.17) is 5.73 Å². The van der Waals surface area contributed by atoms with Crippen molar-refractivity contribution >= 4 is 21.4 Å². The molecule has 17 heavy (non-hydrogen) atoms. The number of nitrogens with zero attached hydrogens (tertiary/aromatic N) is 2. The van der Waals surface area contributed by atoms with Gasteiger partial charge in [0.05, 0.1) is 17.6 Å². The number of carbonyl (C=O) groups is 1. The maximum Gasteiger partial charge on any atom is 0.241 e. The number of amides is 1. The van der Waals surface area contributed by atoms with Crippen LogP contribution in [-0.4, -0.2) is 42.7 Å². The largest absolute Gasteiger partial charge is 0.396 e. The number of hydrogen-bond acceptors (Lipinski definition) is 5. The van der Waals surface area contributed by atoms with Crippen LogP contribution in [0.1, 0.15) is 6.42 Å². The highest BCUT2D eigenvalue weighted by Crippen LogP contribution is 1.97. The van der Waals surface area contributed by atoms with Crippen molar-refractivity contribution in [1.82, 2.24) is 15.1 Å². The molecule has 1 heterocycles. The van der Waals surface area contributed by atoms with Crippen LogP contribution in [0.25, 0.3) is 0 Å². The quantitative estimate of drug-likeness (QED) is 0.639. The molecule has 8 heteroatoms. The Bertz CT molecular complexity index is 480. The predicted octanol–water partition coefficient (Wildman–Crippen LogP) is -0.984. The third-order valence-corrected chi connectivity index (χ3v) is 3.00. The van der Waals surface area contributed by atoms with Crippen molar-refractivity contribution in [3.63, 3.8) is 0 Å². The van der Waals surface area contributed by atoms with Gasteiger partial charge in [0.1, 0.15) is 16.4 Å². The number of carbonyl (C=O) groups excluding carboxylic acids is 1. The van der Waals surface area contributed by atoms with Crippen LogP contribution >= 0.6 is 0 Å². The Morgan fingerprint density at radius 2 is 2.29 bits per heavy atom. The Hall–Kier alpha value is -1.57. The van der Waals surface area contributed by atoms with Gasteiger partial charge in [-0.1, -0.05) is 0 Å². The fourth-order valence-corrected chi connectivity index (χ4v) is 1.90. The Kier molecular flexibility index (Phi) is 4.50. The van der Waals surface area contributed by atoms with Gasteiger partial charge in [-0.2, -0.15) is 5.10 Å². The van der Waals surface area contributed by atoms with Gasteiger partial charge in [-0.25, -0.2) is 8.42 Å². The lowest BCUT2D eigenvalue weighted by molar-refractivity contribution is -0.121. The molecule has 0 fully saturated rings. The van der Waals surface area contributed by atoms with Crippen molar-refractivity contribution in [3.05, 3.63) is 12.4 Å². The molecule has 0 spiro atoms. The summed E-state index contributed by atoms with van der Waals surface area (Å²) >= 11 is 0. The molecule has 0 saturated heterocycles. The third kappa shape index (κ3) is 5.91. The molecule has 0 saturated carbocycles. The Morgan fingerprint density at radius 3 is 2.82 bits per heavy atom. The normalized spacial score (nSPS) is 11.4. The molecule has 0 aromatic carbocycles. The van der Waals surface area contributed by atoms with Crippen LogP contribution in [-0.2, 0) is 21.2 Å². The molecule has 0 atom stereocenters. The number of nitrogen functional groups attached to an aromatic ring is 1. The third-order valence-electron chi connectivity index (χ3n) is 1.97. The molecule has 7 nitrogen and oxygen atoms in total. The molecule has 0 bridgehead atoms. The molecule has 1 rings (SSSR count). The van der Waals surface area contributed by atoms with Crippen molar-refractivity contribution < 1.29 is 13.2 Å². The maximum absolute atomic E-state index is 11.4. The zero-order valence-corrected chi connectivity index (χ0v) is 10.4. The molecule has 1 amide bonds. The number of rotatable bonds is 6. The summed E-state index contributed by atoms with van der Waals surface area (Å²) in [6, 6.07) is 0. The second-order valence-electron chi connectivity index (χ2n) is 3.80. The zero-order chi connectivity index (χ0) is 12.9. The van der Waals surface area contributed by atoms with E-state index >= 15 is 0 Å². The van der Waals surface area contributed by atoms with Gasteiger partial charge >= 0.3 is 0 Å². The zero-order valence-electron chi connectivity index (χ0n) is 9.59. The first kappa shape index (κ1) is 13.5. The Balaban J connectivity index is 2.22. The van der Waals surface area contributed by atoms with E-state index in [1.807, 2.05) is 0 Å². The van der Waals surface area contributed by atoms with Gasteiger partial charge in [-0.3, -0.25) is 9.48 Å². The highest BCUT2D eigenvalue weighted by molar-refractivity contribution is 7.90. The average molecular weight is 260 g/mol. The molecule has 1 aromatic rings. The van der Waals surface area contributed by atoms with Crippen molar-refractivity contribution in [3.8, 4) is 0 Å². The number of anilines is 1. The standard InChI is InChI=1S/C9H16N4O3S/c1-17(15,16)4-2-3-11-9(14)7-13-6-8(10)5-12-13/h5-6H,2-4,7,10H2,1H3,(H,11,14). The van der Waals surface area contributed by atoms with Gasteiger partial charge in [0.15, 0.2) is 0 Å². The highest BCUT2D eigenvalue weighted by atomic mass is 32.2. The molecule has 96 valence electrons.